The summed E-state index contributed by atoms with van der Waals surface area (Å²) in [5.74, 6) is 0.272. The van der Waals surface area contributed by atoms with Crippen LogP contribution in [0.3, 0.4) is 0 Å². The molecule has 25 heavy (non-hydrogen) atoms. The SMILES string of the molecule is CN(C)C(=O)COCC1CN(Cc2cnn(C)c2)Cc2ccnn2C1. The van der Waals surface area contributed by atoms with E-state index in [-0.39, 0.29) is 18.4 Å². The summed E-state index contributed by atoms with van der Waals surface area (Å²) >= 11 is 0. The molecule has 8 nitrogen and oxygen atoms in total. The minimum absolute atomic E-state index is 0.0133. The first-order chi connectivity index (χ1) is 12.0. The number of hydrogen-bond donors (Lipinski definition) is 0. The van der Waals surface area contributed by atoms with Crippen molar-refractivity contribution in [3.63, 3.8) is 0 Å². The summed E-state index contributed by atoms with van der Waals surface area (Å²) in [7, 11) is 5.41. The second-order valence-corrected chi connectivity index (χ2v) is 6.87. The first-order valence-corrected chi connectivity index (χ1v) is 8.49. The summed E-state index contributed by atoms with van der Waals surface area (Å²) < 4.78 is 9.54. The van der Waals surface area contributed by atoms with Crippen LogP contribution in [0.2, 0.25) is 0 Å². The molecule has 0 aliphatic carbocycles. The predicted octanol–water partition coefficient (Wildman–Crippen LogP) is 0.353. The van der Waals surface area contributed by atoms with E-state index in [0.29, 0.717) is 6.61 Å². The van der Waals surface area contributed by atoms with Crippen molar-refractivity contribution in [2.45, 2.75) is 19.6 Å². The average Bonchev–Trinajstić information content (AvgIpc) is 3.12. The molecule has 0 spiro atoms. The van der Waals surface area contributed by atoms with E-state index in [9.17, 15) is 4.79 Å². The lowest BCUT2D eigenvalue weighted by atomic mass is 10.1. The van der Waals surface area contributed by atoms with Gasteiger partial charge in [-0.1, -0.05) is 0 Å². The topological polar surface area (TPSA) is 68.4 Å². The van der Waals surface area contributed by atoms with Gasteiger partial charge in [-0.2, -0.15) is 10.2 Å². The summed E-state index contributed by atoms with van der Waals surface area (Å²) in [4.78, 5) is 15.6. The number of likely N-dealkylation sites (N-methyl/N-ethyl adjacent to an activating group) is 1. The number of nitrogens with zero attached hydrogens (tertiary/aromatic N) is 6. The summed E-state index contributed by atoms with van der Waals surface area (Å²) in [6.07, 6.45) is 5.79. The van der Waals surface area contributed by atoms with E-state index >= 15 is 0 Å². The van der Waals surface area contributed by atoms with Gasteiger partial charge in [0, 0.05) is 71.2 Å². The van der Waals surface area contributed by atoms with Crippen LogP contribution in [0.25, 0.3) is 0 Å². The van der Waals surface area contributed by atoms with Gasteiger partial charge in [0.05, 0.1) is 18.5 Å². The number of carbonyl (C=O) groups excluding carboxylic acids is 1. The molecule has 3 rings (SSSR count). The van der Waals surface area contributed by atoms with Crippen molar-refractivity contribution < 1.29 is 9.53 Å². The highest BCUT2D eigenvalue weighted by atomic mass is 16.5. The standard InChI is InChI=1S/C17H26N6O2/c1-20(2)17(24)13-25-12-15-9-22(8-14-6-19-21(3)7-14)11-16-4-5-18-23(16)10-15/h4-7,15H,8-13H2,1-3H3. The number of carbonyl (C=O) groups is 1. The lowest BCUT2D eigenvalue weighted by Crippen LogP contribution is -2.32. The Morgan fingerprint density at radius 2 is 2.20 bits per heavy atom. The zero-order valence-electron chi connectivity index (χ0n) is 15.1. The van der Waals surface area contributed by atoms with E-state index in [1.165, 1.54) is 11.3 Å². The lowest BCUT2D eigenvalue weighted by Gasteiger charge is -2.23. The van der Waals surface area contributed by atoms with Crippen molar-refractivity contribution in [3.8, 4) is 0 Å². The maximum atomic E-state index is 11.7. The van der Waals surface area contributed by atoms with Gasteiger partial charge in [-0.3, -0.25) is 19.1 Å². The Kier molecular flexibility index (Phi) is 5.50. The van der Waals surface area contributed by atoms with E-state index in [0.717, 1.165) is 26.2 Å². The summed E-state index contributed by atoms with van der Waals surface area (Å²) in [5, 5.41) is 8.68. The third kappa shape index (κ3) is 4.67. The van der Waals surface area contributed by atoms with Gasteiger partial charge in [-0.05, 0) is 6.07 Å². The molecule has 3 heterocycles. The number of hydrogen-bond acceptors (Lipinski definition) is 5. The summed E-state index contributed by atoms with van der Waals surface area (Å²) in [6.45, 7) is 4.06. The highest BCUT2D eigenvalue weighted by Crippen LogP contribution is 2.18. The molecule has 8 heteroatoms. The second kappa shape index (κ2) is 7.79. The molecule has 0 saturated carbocycles. The van der Waals surface area contributed by atoms with E-state index < -0.39 is 0 Å². The van der Waals surface area contributed by atoms with Gasteiger partial charge in [0.25, 0.3) is 0 Å². The fourth-order valence-electron chi connectivity index (χ4n) is 3.10. The Bertz CT molecular complexity index is 708. The molecule has 2 aromatic rings. The number of ether oxygens (including phenoxy) is 1. The van der Waals surface area contributed by atoms with Crippen LogP contribution in [0, 0.1) is 5.92 Å². The molecule has 136 valence electrons. The van der Waals surface area contributed by atoms with E-state index in [1.54, 1.807) is 19.0 Å². The molecule has 1 atom stereocenters. The maximum Gasteiger partial charge on any atom is 0.248 e. The number of aromatic nitrogens is 4. The van der Waals surface area contributed by atoms with Crippen LogP contribution in [-0.2, 0) is 36.2 Å². The van der Waals surface area contributed by atoms with E-state index in [2.05, 4.69) is 21.2 Å². The smallest absolute Gasteiger partial charge is 0.248 e. The first kappa shape index (κ1) is 17.6. The Balaban J connectivity index is 1.63. The van der Waals surface area contributed by atoms with Crippen LogP contribution >= 0.6 is 0 Å². The molecule has 1 aliphatic rings. The fraction of sp³-hybridized carbons (Fsp3) is 0.588. The number of rotatable bonds is 6. The van der Waals surface area contributed by atoms with Gasteiger partial charge in [-0.15, -0.1) is 0 Å². The van der Waals surface area contributed by atoms with Gasteiger partial charge in [0.2, 0.25) is 5.91 Å². The predicted molar refractivity (Wildman–Crippen MR) is 92.6 cm³/mol. The average molecular weight is 346 g/mol. The zero-order chi connectivity index (χ0) is 17.8. The zero-order valence-corrected chi connectivity index (χ0v) is 15.1. The molecule has 1 amide bonds. The number of fused-ring (bicyclic) bond motifs is 1. The highest BCUT2D eigenvalue weighted by Gasteiger charge is 2.23. The molecule has 1 aliphatic heterocycles. The Hall–Kier alpha value is -2.19. The van der Waals surface area contributed by atoms with Crippen LogP contribution < -0.4 is 0 Å². The van der Waals surface area contributed by atoms with Crippen molar-refractivity contribution in [2.24, 2.45) is 13.0 Å². The van der Waals surface area contributed by atoms with E-state index in [1.807, 2.05) is 35.0 Å². The van der Waals surface area contributed by atoms with Gasteiger partial charge >= 0.3 is 0 Å². The van der Waals surface area contributed by atoms with Crippen LogP contribution in [0.5, 0.6) is 0 Å². The number of aryl methyl sites for hydroxylation is 1. The molecular weight excluding hydrogens is 320 g/mol. The Morgan fingerprint density at radius 3 is 2.92 bits per heavy atom. The lowest BCUT2D eigenvalue weighted by molar-refractivity contribution is -0.134. The minimum atomic E-state index is -0.0133. The van der Waals surface area contributed by atoms with Gasteiger partial charge in [0.15, 0.2) is 0 Å². The third-order valence-electron chi connectivity index (χ3n) is 4.38. The normalized spacial score (nSPS) is 18.0. The van der Waals surface area contributed by atoms with Crippen molar-refractivity contribution in [1.82, 2.24) is 29.4 Å². The van der Waals surface area contributed by atoms with Gasteiger partial charge in [-0.25, -0.2) is 0 Å². The van der Waals surface area contributed by atoms with Gasteiger partial charge in [0.1, 0.15) is 6.61 Å². The quantitative estimate of drug-likeness (QED) is 0.755. The highest BCUT2D eigenvalue weighted by molar-refractivity contribution is 5.76. The van der Waals surface area contributed by atoms with E-state index in [4.69, 9.17) is 4.74 Å². The van der Waals surface area contributed by atoms with Crippen LogP contribution in [0.1, 0.15) is 11.3 Å². The number of amides is 1. The fourth-order valence-corrected chi connectivity index (χ4v) is 3.10. The monoisotopic (exact) mass is 346 g/mol. The molecule has 2 aromatic heterocycles. The Morgan fingerprint density at radius 1 is 1.36 bits per heavy atom. The molecule has 0 radical (unpaired) electrons. The first-order valence-electron chi connectivity index (χ1n) is 8.49. The molecule has 0 N–H and O–H groups in total. The van der Waals surface area contributed by atoms with Crippen molar-refractivity contribution in [2.75, 3.05) is 33.9 Å². The van der Waals surface area contributed by atoms with Crippen molar-refractivity contribution in [3.05, 3.63) is 35.9 Å². The summed E-state index contributed by atoms with van der Waals surface area (Å²) in [5.41, 5.74) is 2.40. The molecule has 0 aromatic carbocycles. The molecule has 0 bridgehead atoms. The third-order valence-corrected chi connectivity index (χ3v) is 4.38. The second-order valence-electron chi connectivity index (χ2n) is 6.87. The van der Waals surface area contributed by atoms with Crippen LogP contribution in [0.15, 0.2) is 24.7 Å². The van der Waals surface area contributed by atoms with Crippen molar-refractivity contribution in [1.29, 1.82) is 0 Å². The van der Waals surface area contributed by atoms with Crippen molar-refractivity contribution >= 4 is 5.91 Å². The van der Waals surface area contributed by atoms with Crippen LogP contribution in [-0.4, -0.2) is 69.1 Å². The largest absolute Gasteiger partial charge is 0.371 e. The molecule has 0 fully saturated rings. The Labute approximate surface area is 148 Å². The maximum absolute atomic E-state index is 11.7. The molecular formula is C17H26N6O2. The van der Waals surface area contributed by atoms with Crippen LogP contribution in [0.4, 0.5) is 0 Å². The summed E-state index contributed by atoms with van der Waals surface area (Å²) in [6, 6.07) is 2.06. The minimum Gasteiger partial charge on any atom is -0.371 e. The molecule has 0 saturated heterocycles. The molecule has 1 unspecified atom stereocenters. The van der Waals surface area contributed by atoms with Gasteiger partial charge < -0.3 is 9.64 Å².